The molecular weight excluding hydrogens is 1380 g/mol. The van der Waals surface area contributed by atoms with E-state index in [4.69, 9.17) is 133 Å². The second-order valence-corrected chi connectivity index (χ2v) is 27.0. The molecule has 0 radical (unpaired) electrons. The molecule has 0 aromatic heterocycles. The molecular formula is C70H136O34. The van der Waals surface area contributed by atoms with Crippen molar-refractivity contribution in [3.8, 4) is 0 Å². The summed E-state index contributed by atoms with van der Waals surface area (Å²) < 4.78 is 159. The summed E-state index contributed by atoms with van der Waals surface area (Å²) in [6.07, 6.45) is -0.0318. The Morgan fingerprint density at radius 3 is 0.596 bits per heavy atom. The molecule has 104 heavy (non-hydrogen) atoms. The minimum absolute atomic E-state index is 0.0312. The van der Waals surface area contributed by atoms with Gasteiger partial charge in [-0.3, -0.25) is 19.2 Å². The summed E-state index contributed by atoms with van der Waals surface area (Å²) >= 11 is 0. The van der Waals surface area contributed by atoms with Gasteiger partial charge in [0, 0.05) is 128 Å². The zero-order valence-electron chi connectivity index (χ0n) is 66.2. The number of carbonyl (C=O) groups is 4. The Labute approximate surface area is 618 Å². The second-order valence-electron chi connectivity index (χ2n) is 27.0. The van der Waals surface area contributed by atoms with E-state index in [0.29, 0.717) is 119 Å². The van der Waals surface area contributed by atoms with E-state index in [9.17, 15) is 24.3 Å². The monoisotopic (exact) mass is 1520 g/mol. The molecule has 0 aromatic carbocycles. The fourth-order valence-electron chi connectivity index (χ4n) is 12.0. The van der Waals surface area contributed by atoms with Gasteiger partial charge in [-0.15, -0.1) is 0 Å². The van der Waals surface area contributed by atoms with Crippen LogP contribution in [0.15, 0.2) is 0 Å². The van der Waals surface area contributed by atoms with Crippen LogP contribution in [0.4, 0.5) is 0 Å². The fraction of sp³-hybridized carbons (Fsp3) is 0.943. The number of ether oxygens (including phenoxy) is 28. The molecule has 0 unspecified atom stereocenters. The first-order chi connectivity index (χ1) is 50.0. The third kappa shape index (κ3) is 44.6. The van der Waals surface area contributed by atoms with Gasteiger partial charge in [-0.05, 0) is 0 Å². The number of carboxylic acid groups (broad SMARTS) is 1. The number of aliphatic hydroxyl groups is 1. The van der Waals surface area contributed by atoms with Crippen LogP contribution in [0.1, 0.15) is 25.7 Å². The Morgan fingerprint density at radius 1 is 0.269 bits per heavy atom. The van der Waals surface area contributed by atoms with Crippen LogP contribution in [-0.4, -0.2) is 400 Å². The van der Waals surface area contributed by atoms with Crippen LogP contribution >= 0.6 is 0 Å². The summed E-state index contributed by atoms with van der Waals surface area (Å²) in [4.78, 5) is 42.9. The van der Waals surface area contributed by atoms with Gasteiger partial charge < -0.3 is 143 Å². The van der Waals surface area contributed by atoms with Gasteiger partial charge in [0.2, 0.25) is 0 Å². The zero-order valence-corrected chi connectivity index (χ0v) is 66.2. The first-order valence-electron chi connectivity index (χ1n) is 34.1. The summed E-state index contributed by atoms with van der Waals surface area (Å²) in [5.41, 5.74) is -5.12. The minimum atomic E-state index is -1.08. The van der Waals surface area contributed by atoms with Crippen molar-refractivity contribution >= 4 is 23.9 Å². The highest BCUT2D eigenvalue weighted by molar-refractivity contribution is 5.92. The SMILES string of the molecule is COCC(COC)(COC)COCC(COCCO)(COCC(COC)(COC)COC)COCC(COC)(COC)COC.COCC(COC)(COC)COCC(COCCOC(=O)CCC(=O)O)(COCC(COC)(COC)COC)COCC(COC)(COC)COC.O=C1CCC(=O)O1. The Morgan fingerprint density at radius 2 is 0.442 bits per heavy atom. The first-order valence-corrected chi connectivity index (χ1v) is 34.1. The molecule has 2 N–H and O–H groups in total. The lowest BCUT2D eigenvalue weighted by Crippen LogP contribution is -2.48. The van der Waals surface area contributed by atoms with Crippen molar-refractivity contribution in [2.45, 2.75) is 25.7 Å². The van der Waals surface area contributed by atoms with E-state index >= 15 is 0 Å². The topological polar surface area (TPSA) is 367 Å². The third-order valence-electron chi connectivity index (χ3n) is 15.9. The van der Waals surface area contributed by atoms with E-state index in [1.54, 1.807) is 128 Å². The smallest absolute Gasteiger partial charge is 0.314 e. The van der Waals surface area contributed by atoms with Gasteiger partial charge in [0.05, 0.1) is 300 Å². The van der Waals surface area contributed by atoms with E-state index < -0.39 is 67.2 Å². The van der Waals surface area contributed by atoms with Crippen LogP contribution in [0.25, 0.3) is 0 Å². The highest BCUT2D eigenvalue weighted by Gasteiger charge is 2.43. The van der Waals surface area contributed by atoms with Gasteiger partial charge in [-0.25, -0.2) is 0 Å². The maximum atomic E-state index is 12.0. The van der Waals surface area contributed by atoms with E-state index in [0.717, 1.165) is 0 Å². The second kappa shape index (κ2) is 62.7. The molecule has 1 fully saturated rings. The maximum Gasteiger partial charge on any atom is 0.314 e. The van der Waals surface area contributed by atoms with Gasteiger partial charge >= 0.3 is 23.9 Å². The normalized spacial score (nSPS) is 13.5. The van der Waals surface area contributed by atoms with Crippen molar-refractivity contribution < 1.29 is 162 Å². The predicted octanol–water partition coefficient (Wildman–Crippen LogP) is 1.88. The van der Waals surface area contributed by atoms with Crippen molar-refractivity contribution in [2.75, 3.05) is 366 Å². The molecule has 0 aromatic rings. The van der Waals surface area contributed by atoms with Crippen molar-refractivity contribution in [1.82, 2.24) is 0 Å². The number of methoxy groups -OCH3 is 18. The molecule has 1 aliphatic heterocycles. The molecule has 34 heteroatoms. The number of hydrogen-bond acceptors (Lipinski definition) is 33. The summed E-state index contributed by atoms with van der Waals surface area (Å²) in [7, 11) is 29.1. The lowest BCUT2D eigenvalue weighted by atomic mass is 9.89. The van der Waals surface area contributed by atoms with Crippen LogP contribution in [0.3, 0.4) is 0 Å². The maximum absolute atomic E-state index is 12.0. The van der Waals surface area contributed by atoms with Gasteiger partial charge in [0.25, 0.3) is 0 Å². The fourth-order valence-corrected chi connectivity index (χ4v) is 12.0. The number of carbonyl (C=O) groups excluding carboxylic acids is 3. The molecule has 620 valence electrons. The van der Waals surface area contributed by atoms with E-state index in [2.05, 4.69) is 4.74 Å². The number of cyclic esters (lactones) is 2. The van der Waals surface area contributed by atoms with Gasteiger partial charge in [0.1, 0.15) is 6.61 Å². The Hall–Kier alpha value is -3.00. The van der Waals surface area contributed by atoms with Gasteiger partial charge in [0.15, 0.2) is 0 Å². The van der Waals surface area contributed by atoms with E-state index in [1.165, 1.54) is 0 Å². The average Bonchev–Trinajstić information content (AvgIpc) is 0.915. The van der Waals surface area contributed by atoms with Crippen LogP contribution in [0.5, 0.6) is 0 Å². The van der Waals surface area contributed by atoms with Gasteiger partial charge in [-0.1, -0.05) is 0 Å². The molecule has 0 bridgehead atoms. The first kappa shape index (κ1) is 103. The number of esters is 3. The Kier molecular flexibility index (Phi) is 62.2. The Balaban J connectivity index is 0. The molecule has 0 spiro atoms. The van der Waals surface area contributed by atoms with Crippen molar-refractivity contribution in [1.29, 1.82) is 0 Å². The molecule has 0 aliphatic carbocycles. The highest BCUT2D eigenvalue weighted by Crippen LogP contribution is 2.32. The van der Waals surface area contributed by atoms with E-state index in [1.807, 2.05) is 0 Å². The molecule has 0 amide bonds. The highest BCUT2D eigenvalue weighted by atomic mass is 16.6. The molecule has 0 saturated carbocycles. The average molecular weight is 1520 g/mol. The molecule has 1 aliphatic rings. The third-order valence-corrected chi connectivity index (χ3v) is 15.9. The van der Waals surface area contributed by atoms with Crippen LogP contribution in [-0.2, 0) is 152 Å². The molecule has 1 rings (SSSR count). The summed E-state index contributed by atoms with van der Waals surface area (Å²) in [6.45, 7) is 8.90. The van der Waals surface area contributed by atoms with E-state index in [-0.39, 0.29) is 145 Å². The standard InChI is InChI=1S/C35H68O17.C31H64O14.C4H4O3/c1-39-14-32(15-40-2,16-41-3)24-49-27-35(23-48-12-13-52-31(38)11-10-30(36)37,28-50-25-33(17-42-4,18-43-5)19-44-6)29-51-26-34(20-45-7,21-46-8)22-47-9;1-33-12-28(13-34-2,14-35-3)22-43-25-31(21-42-11-10-32,26-44-23-29(15-36-4,16-37-5)17-38-6)27-45-24-30(18-39-7,19-40-8)20-41-9;5-3-1-2-4(6)7-3/h10-29H2,1-9H3,(H,36,37);32H,10-27H2,1-9H3;1-2H2. The van der Waals surface area contributed by atoms with Crippen molar-refractivity contribution in [3.63, 3.8) is 0 Å². The van der Waals surface area contributed by atoms with Crippen LogP contribution in [0.2, 0.25) is 0 Å². The molecule has 1 saturated heterocycles. The minimum Gasteiger partial charge on any atom is -0.481 e. The summed E-state index contributed by atoms with van der Waals surface area (Å²) in [5, 5.41) is 18.4. The number of hydrogen-bond donors (Lipinski definition) is 2. The number of aliphatic hydroxyl groups excluding tert-OH is 1. The summed E-state index contributed by atoms with van der Waals surface area (Å²) in [5.74, 6) is -2.51. The molecule has 1 heterocycles. The number of carboxylic acids is 1. The lowest BCUT2D eigenvalue weighted by molar-refractivity contribution is -0.163. The largest absolute Gasteiger partial charge is 0.481 e. The lowest BCUT2D eigenvalue weighted by Gasteiger charge is -2.39. The molecule has 34 nitrogen and oxygen atoms in total. The van der Waals surface area contributed by atoms with Crippen LogP contribution < -0.4 is 0 Å². The number of aliphatic carboxylic acids is 1. The quantitative estimate of drug-likeness (QED) is 0.0499. The van der Waals surface area contributed by atoms with Gasteiger partial charge in [-0.2, -0.15) is 0 Å². The number of rotatable bonds is 72. The van der Waals surface area contributed by atoms with Crippen molar-refractivity contribution in [2.24, 2.45) is 43.3 Å². The molecule has 0 atom stereocenters. The summed E-state index contributed by atoms with van der Waals surface area (Å²) in [6, 6.07) is 0. The van der Waals surface area contributed by atoms with Crippen molar-refractivity contribution in [3.05, 3.63) is 0 Å². The van der Waals surface area contributed by atoms with Crippen LogP contribution in [0, 0.1) is 43.3 Å². The predicted molar refractivity (Wildman–Crippen MR) is 375 cm³/mol. The zero-order chi connectivity index (χ0) is 78.4. The Bertz CT molecular complexity index is 1790.